The predicted molar refractivity (Wildman–Crippen MR) is 127 cm³/mol. The SMILES string of the molecule is CCOC(=O)C1(c2ccc(NC(=O)[C@@H]3CCCN(Cc4ccc(Cl)cc4Cl)C3)cc2)CC1. The lowest BCUT2D eigenvalue weighted by atomic mass is 9.95. The molecule has 4 rings (SSSR count). The number of likely N-dealkylation sites (tertiary alicyclic amines) is 1. The highest BCUT2D eigenvalue weighted by Gasteiger charge is 2.52. The number of nitrogens with zero attached hydrogens (tertiary/aromatic N) is 1. The lowest BCUT2D eigenvalue weighted by Crippen LogP contribution is -2.40. The Bertz CT molecular complexity index is 989. The van der Waals surface area contributed by atoms with Gasteiger partial charge < -0.3 is 10.1 Å². The number of hydrogen-bond donors (Lipinski definition) is 1. The summed E-state index contributed by atoms with van der Waals surface area (Å²) in [5.41, 5.74) is 2.22. The lowest BCUT2D eigenvalue weighted by Gasteiger charge is -2.32. The molecule has 1 saturated heterocycles. The summed E-state index contributed by atoms with van der Waals surface area (Å²) in [6.07, 6.45) is 3.45. The second-order valence-electron chi connectivity index (χ2n) is 8.68. The van der Waals surface area contributed by atoms with Crippen LogP contribution in [0.1, 0.15) is 43.7 Å². The van der Waals surface area contributed by atoms with E-state index in [1.165, 1.54) is 0 Å². The van der Waals surface area contributed by atoms with Crippen molar-refractivity contribution in [3.8, 4) is 0 Å². The summed E-state index contributed by atoms with van der Waals surface area (Å²) in [6, 6.07) is 13.1. The molecule has 2 aromatic rings. The van der Waals surface area contributed by atoms with Gasteiger partial charge in [-0.1, -0.05) is 41.4 Å². The number of carbonyl (C=O) groups excluding carboxylic acids is 2. The van der Waals surface area contributed by atoms with E-state index in [1.54, 1.807) is 6.07 Å². The van der Waals surface area contributed by atoms with Crippen LogP contribution in [0.5, 0.6) is 0 Å². The van der Waals surface area contributed by atoms with Crippen molar-refractivity contribution in [1.29, 1.82) is 0 Å². The molecule has 2 fully saturated rings. The van der Waals surface area contributed by atoms with E-state index in [0.29, 0.717) is 29.7 Å². The predicted octanol–water partition coefficient (Wildman–Crippen LogP) is 5.44. The average Bonchev–Trinajstić information content (AvgIpc) is 3.59. The molecule has 0 spiro atoms. The van der Waals surface area contributed by atoms with Crippen LogP contribution in [-0.2, 0) is 26.3 Å². The molecule has 0 unspecified atom stereocenters. The van der Waals surface area contributed by atoms with Gasteiger partial charge in [0, 0.05) is 28.8 Å². The van der Waals surface area contributed by atoms with Crippen molar-refractivity contribution in [1.82, 2.24) is 4.90 Å². The number of hydrogen-bond acceptors (Lipinski definition) is 4. The molecule has 2 aliphatic rings. The van der Waals surface area contributed by atoms with Gasteiger partial charge in [0.05, 0.1) is 17.9 Å². The number of benzene rings is 2. The third-order valence-electron chi connectivity index (χ3n) is 6.41. The summed E-state index contributed by atoms with van der Waals surface area (Å²) in [6.45, 7) is 4.53. The van der Waals surface area contributed by atoms with Crippen LogP contribution in [0, 0.1) is 5.92 Å². The second-order valence-corrected chi connectivity index (χ2v) is 9.52. The van der Waals surface area contributed by atoms with E-state index < -0.39 is 5.41 Å². The summed E-state index contributed by atoms with van der Waals surface area (Å²) in [7, 11) is 0. The highest BCUT2D eigenvalue weighted by atomic mass is 35.5. The van der Waals surface area contributed by atoms with Gasteiger partial charge >= 0.3 is 5.97 Å². The van der Waals surface area contributed by atoms with Crippen molar-refractivity contribution in [3.63, 3.8) is 0 Å². The number of carbonyl (C=O) groups is 2. The molecule has 1 heterocycles. The molecule has 1 atom stereocenters. The summed E-state index contributed by atoms with van der Waals surface area (Å²) >= 11 is 12.3. The molecule has 1 aliphatic heterocycles. The Labute approximate surface area is 199 Å². The van der Waals surface area contributed by atoms with Gasteiger partial charge in [-0.3, -0.25) is 14.5 Å². The largest absolute Gasteiger partial charge is 0.465 e. The van der Waals surface area contributed by atoms with E-state index in [0.717, 1.165) is 49.0 Å². The van der Waals surface area contributed by atoms with Crippen LogP contribution in [0.2, 0.25) is 10.0 Å². The number of amides is 1. The number of nitrogens with one attached hydrogen (secondary N) is 1. The fraction of sp³-hybridized carbons (Fsp3) is 0.440. The van der Waals surface area contributed by atoms with Crippen LogP contribution in [-0.4, -0.2) is 36.5 Å². The number of piperidine rings is 1. The smallest absolute Gasteiger partial charge is 0.316 e. The first-order valence-electron chi connectivity index (χ1n) is 11.2. The molecule has 1 saturated carbocycles. The van der Waals surface area contributed by atoms with E-state index in [2.05, 4.69) is 10.2 Å². The van der Waals surface area contributed by atoms with Crippen molar-refractivity contribution < 1.29 is 14.3 Å². The van der Waals surface area contributed by atoms with Gasteiger partial charge in [0.1, 0.15) is 0 Å². The molecule has 170 valence electrons. The maximum Gasteiger partial charge on any atom is 0.316 e. The molecule has 32 heavy (non-hydrogen) atoms. The van der Waals surface area contributed by atoms with Crippen LogP contribution in [0.3, 0.4) is 0 Å². The molecule has 0 aromatic heterocycles. The maximum atomic E-state index is 12.9. The number of halogens is 2. The van der Waals surface area contributed by atoms with E-state index in [1.807, 2.05) is 43.3 Å². The van der Waals surface area contributed by atoms with Crippen LogP contribution in [0.4, 0.5) is 5.69 Å². The number of rotatable bonds is 7. The van der Waals surface area contributed by atoms with Gasteiger partial charge in [-0.05, 0) is 74.5 Å². The normalized spacial score (nSPS) is 19.9. The third-order valence-corrected chi connectivity index (χ3v) is 6.99. The summed E-state index contributed by atoms with van der Waals surface area (Å²) in [4.78, 5) is 27.5. The Morgan fingerprint density at radius 1 is 1.16 bits per heavy atom. The minimum atomic E-state index is -0.495. The Balaban J connectivity index is 1.35. The van der Waals surface area contributed by atoms with Gasteiger partial charge in [0.25, 0.3) is 0 Å². The van der Waals surface area contributed by atoms with Gasteiger partial charge in [-0.25, -0.2) is 0 Å². The monoisotopic (exact) mass is 474 g/mol. The van der Waals surface area contributed by atoms with Gasteiger partial charge in [-0.2, -0.15) is 0 Å². The van der Waals surface area contributed by atoms with E-state index >= 15 is 0 Å². The fourth-order valence-corrected chi connectivity index (χ4v) is 4.89. The highest BCUT2D eigenvalue weighted by Crippen LogP contribution is 2.49. The molecule has 7 heteroatoms. The van der Waals surface area contributed by atoms with E-state index in [4.69, 9.17) is 27.9 Å². The van der Waals surface area contributed by atoms with Crippen LogP contribution >= 0.6 is 23.2 Å². The zero-order valence-corrected chi connectivity index (χ0v) is 19.7. The quantitative estimate of drug-likeness (QED) is 0.542. The average molecular weight is 475 g/mol. The zero-order valence-electron chi connectivity index (χ0n) is 18.2. The van der Waals surface area contributed by atoms with Crippen molar-refractivity contribution in [2.24, 2.45) is 5.92 Å². The Morgan fingerprint density at radius 3 is 2.56 bits per heavy atom. The summed E-state index contributed by atoms with van der Waals surface area (Å²) in [5, 5.41) is 4.32. The number of ether oxygens (including phenoxy) is 1. The molecule has 0 bridgehead atoms. The molecular weight excluding hydrogens is 447 g/mol. The van der Waals surface area contributed by atoms with Crippen LogP contribution in [0.15, 0.2) is 42.5 Å². The Hall–Kier alpha value is -2.08. The zero-order chi connectivity index (χ0) is 22.7. The molecule has 1 aliphatic carbocycles. The van der Waals surface area contributed by atoms with Crippen LogP contribution < -0.4 is 5.32 Å². The van der Waals surface area contributed by atoms with Crippen molar-refractivity contribution in [2.45, 2.75) is 44.6 Å². The van der Waals surface area contributed by atoms with Crippen molar-refractivity contribution >= 4 is 40.8 Å². The van der Waals surface area contributed by atoms with Gasteiger partial charge in [0.2, 0.25) is 5.91 Å². The second kappa shape index (κ2) is 9.82. The topological polar surface area (TPSA) is 58.6 Å². The first kappa shape index (κ1) is 23.1. The molecule has 1 N–H and O–H groups in total. The lowest BCUT2D eigenvalue weighted by molar-refractivity contribution is -0.146. The highest BCUT2D eigenvalue weighted by molar-refractivity contribution is 6.35. The number of esters is 1. The van der Waals surface area contributed by atoms with Crippen molar-refractivity contribution in [2.75, 3.05) is 25.0 Å². The Morgan fingerprint density at radius 2 is 1.91 bits per heavy atom. The fourth-order valence-electron chi connectivity index (χ4n) is 4.43. The van der Waals surface area contributed by atoms with Crippen molar-refractivity contribution in [3.05, 3.63) is 63.6 Å². The van der Waals surface area contributed by atoms with E-state index in [9.17, 15) is 9.59 Å². The number of anilines is 1. The molecule has 1 amide bonds. The minimum absolute atomic E-state index is 0.0242. The first-order chi connectivity index (χ1) is 15.4. The summed E-state index contributed by atoms with van der Waals surface area (Å²) < 4.78 is 5.24. The van der Waals surface area contributed by atoms with Gasteiger partial charge in [0.15, 0.2) is 0 Å². The molecule has 0 radical (unpaired) electrons. The van der Waals surface area contributed by atoms with Crippen LogP contribution in [0.25, 0.3) is 0 Å². The third kappa shape index (κ3) is 5.11. The van der Waals surface area contributed by atoms with Gasteiger partial charge in [-0.15, -0.1) is 0 Å². The minimum Gasteiger partial charge on any atom is -0.465 e. The standard InChI is InChI=1S/C25H28Cl2N2O3/c1-2-32-24(31)25(11-12-25)19-6-9-21(10-7-19)28-23(30)18-4-3-13-29(16-18)15-17-5-8-20(26)14-22(17)27/h5-10,14,18H,2-4,11-13,15-16H2,1H3,(H,28,30)/t18-/m1/s1. The van der Waals surface area contributed by atoms with E-state index in [-0.39, 0.29) is 17.8 Å². The maximum absolute atomic E-state index is 12.9. The summed E-state index contributed by atoms with van der Waals surface area (Å²) in [5.74, 6) is -0.208. The molecule has 5 nitrogen and oxygen atoms in total. The first-order valence-corrected chi connectivity index (χ1v) is 11.9. The Kier molecular flexibility index (Phi) is 7.08. The molecule has 2 aromatic carbocycles. The molecular formula is C25H28Cl2N2O3.